The molecule has 0 spiro atoms. The van der Waals surface area contributed by atoms with Gasteiger partial charge in [-0.15, -0.1) is 11.8 Å². The highest BCUT2D eigenvalue weighted by Crippen LogP contribution is 2.19. The minimum atomic E-state index is 0.442. The molecule has 1 atom stereocenters. The second-order valence-electron chi connectivity index (χ2n) is 4.85. The molecular weight excluding hydrogens is 254 g/mol. The van der Waals surface area contributed by atoms with E-state index in [-0.39, 0.29) is 0 Å². The van der Waals surface area contributed by atoms with Gasteiger partial charge in [-0.25, -0.2) is 0 Å². The van der Waals surface area contributed by atoms with E-state index in [2.05, 4.69) is 50.4 Å². The summed E-state index contributed by atoms with van der Waals surface area (Å²) in [4.78, 5) is 1.35. The van der Waals surface area contributed by atoms with Crippen molar-refractivity contribution in [2.75, 3.05) is 25.5 Å². The van der Waals surface area contributed by atoms with E-state index in [1.165, 1.54) is 16.9 Å². The normalized spacial score (nSPS) is 12.6. The lowest BCUT2D eigenvalue weighted by molar-refractivity contribution is 0.117. The van der Waals surface area contributed by atoms with Crippen molar-refractivity contribution in [3.63, 3.8) is 0 Å². The van der Waals surface area contributed by atoms with Crippen LogP contribution in [-0.2, 0) is 4.74 Å². The zero-order valence-electron chi connectivity index (χ0n) is 12.4. The van der Waals surface area contributed by atoms with E-state index in [0.29, 0.717) is 6.04 Å². The van der Waals surface area contributed by atoms with Gasteiger partial charge in [-0.3, -0.25) is 0 Å². The summed E-state index contributed by atoms with van der Waals surface area (Å²) in [5, 5.41) is 3.57. The largest absolute Gasteiger partial charge is 0.380 e. The zero-order chi connectivity index (χ0) is 13.9. The molecule has 0 aliphatic heterocycles. The Labute approximate surface area is 122 Å². The molecule has 0 amide bonds. The highest BCUT2D eigenvalue weighted by molar-refractivity contribution is 7.99. The van der Waals surface area contributed by atoms with Crippen LogP contribution < -0.4 is 5.32 Å². The molecule has 1 aromatic rings. The van der Waals surface area contributed by atoms with Crippen molar-refractivity contribution in [1.29, 1.82) is 0 Å². The van der Waals surface area contributed by atoms with Gasteiger partial charge in [-0.2, -0.15) is 0 Å². The van der Waals surface area contributed by atoms with Crippen LogP contribution >= 0.6 is 11.8 Å². The van der Waals surface area contributed by atoms with Gasteiger partial charge in [0.2, 0.25) is 0 Å². The lowest BCUT2D eigenvalue weighted by atomic mass is 10.2. The van der Waals surface area contributed by atoms with Crippen LogP contribution in [0.4, 0.5) is 0 Å². The van der Waals surface area contributed by atoms with Crippen molar-refractivity contribution in [2.24, 2.45) is 0 Å². The number of benzene rings is 1. The maximum atomic E-state index is 5.68. The molecule has 1 unspecified atom stereocenters. The predicted octanol–water partition coefficient (Wildman–Crippen LogP) is 3.88. The summed E-state index contributed by atoms with van der Waals surface area (Å²) in [5.74, 6) is 1.06. The monoisotopic (exact) mass is 281 g/mol. The van der Waals surface area contributed by atoms with E-state index in [1.54, 1.807) is 0 Å². The van der Waals surface area contributed by atoms with Gasteiger partial charge in [0.25, 0.3) is 0 Å². The molecule has 0 aliphatic carbocycles. The quantitative estimate of drug-likeness (QED) is 0.519. The van der Waals surface area contributed by atoms with Crippen molar-refractivity contribution in [2.45, 2.75) is 44.6 Å². The zero-order valence-corrected chi connectivity index (χ0v) is 13.3. The van der Waals surface area contributed by atoms with Gasteiger partial charge in [-0.05, 0) is 38.4 Å². The molecule has 3 heteroatoms. The Morgan fingerprint density at radius 1 is 1.26 bits per heavy atom. The number of aryl methyl sites for hydroxylation is 1. The third-order valence-electron chi connectivity index (χ3n) is 2.79. The molecule has 0 bridgehead atoms. The Morgan fingerprint density at radius 2 is 2.11 bits per heavy atom. The molecule has 0 aromatic heterocycles. The second-order valence-corrected chi connectivity index (χ2v) is 5.95. The lowest BCUT2D eigenvalue weighted by Gasteiger charge is -2.18. The number of rotatable bonds is 10. The Hall–Kier alpha value is -0.510. The molecule has 2 nitrogen and oxygen atoms in total. The van der Waals surface area contributed by atoms with Crippen LogP contribution in [0.3, 0.4) is 0 Å². The minimum absolute atomic E-state index is 0.442. The summed E-state index contributed by atoms with van der Waals surface area (Å²) in [6, 6.07) is 9.13. The first-order chi connectivity index (χ1) is 9.26. The second kappa shape index (κ2) is 10.3. The summed E-state index contributed by atoms with van der Waals surface area (Å²) in [6.07, 6.45) is 2.25. The number of ether oxygens (including phenoxy) is 1. The van der Waals surface area contributed by atoms with E-state index in [1.807, 2.05) is 11.8 Å². The van der Waals surface area contributed by atoms with Crippen LogP contribution in [-0.4, -0.2) is 31.6 Å². The van der Waals surface area contributed by atoms with Crippen molar-refractivity contribution in [3.05, 3.63) is 29.8 Å². The third-order valence-corrected chi connectivity index (χ3v) is 3.95. The van der Waals surface area contributed by atoms with Crippen molar-refractivity contribution >= 4 is 11.8 Å². The highest BCUT2D eigenvalue weighted by Gasteiger charge is 2.08. The number of nitrogens with one attached hydrogen (secondary N) is 1. The van der Waals surface area contributed by atoms with Gasteiger partial charge < -0.3 is 10.1 Å². The van der Waals surface area contributed by atoms with Crippen molar-refractivity contribution < 1.29 is 4.74 Å². The van der Waals surface area contributed by atoms with E-state index >= 15 is 0 Å². The first-order valence-corrected chi connectivity index (χ1v) is 8.25. The van der Waals surface area contributed by atoms with Crippen LogP contribution in [0.2, 0.25) is 0 Å². The lowest BCUT2D eigenvalue weighted by Crippen LogP contribution is -2.36. The number of thioether (sulfide) groups is 1. The van der Waals surface area contributed by atoms with Gasteiger partial charge in [0.1, 0.15) is 0 Å². The summed E-state index contributed by atoms with van der Waals surface area (Å²) in [5.41, 5.74) is 1.32. The number of hydrogen-bond acceptors (Lipinski definition) is 3. The Kier molecular flexibility index (Phi) is 8.97. The molecule has 1 aromatic carbocycles. The molecule has 0 fully saturated rings. The molecule has 108 valence electrons. The Morgan fingerprint density at radius 3 is 2.79 bits per heavy atom. The van der Waals surface area contributed by atoms with E-state index in [4.69, 9.17) is 4.74 Å². The fourth-order valence-electron chi connectivity index (χ4n) is 1.79. The van der Waals surface area contributed by atoms with E-state index in [0.717, 1.165) is 31.9 Å². The van der Waals surface area contributed by atoms with Gasteiger partial charge in [-0.1, -0.05) is 31.5 Å². The average molecular weight is 281 g/mol. The Bertz CT molecular complexity index is 343. The van der Waals surface area contributed by atoms with E-state index in [9.17, 15) is 0 Å². The number of hydrogen-bond donors (Lipinski definition) is 1. The molecule has 19 heavy (non-hydrogen) atoms. The fourth-order valence-corrected chi connectivity index (χ4v) is 2.84. The van der Waals surface area contributed by atoms with Crippen LogP contribution in [0.5, 0.6) is 0 Å². The molecule has 0 radical (unpaired) electrons. The molecule has 0 saturated carbocycles. The molecule has 0 heterocycles. The maximum Gasteiger partial charge on any atom is 0.0627 e. The average Bonchev–Trinajstić information content (AvgIpc) is 2.41. The fraction of sp³-hybridized carbons (Fsp3) is 0.625. The molecule has 0 aliphatic rings. The van der Waals surface area contributed by atoms with Gasteiger partial charge in [0.15, 0.2) is 0 Å². The molecule has 1 N–H and O–H groups in total. The molecule has 0 saturated heterocycles. The Balaban J connectivity index is 2.37. The van der Waals surface area contributed by atoms with Gasteiger partial charge in [0, 0.05) is 23.3 Å². The highest BCUT2D eigenvalue weighted by atomic mass is 32.2. The van der Waals surface area contributed by atoms with Crippen molar-refractivity contribution in [1.82, 2.24) is 5.32 Å². The summed E-state index contributed by atoms with van der Waals surface area (Å²) < 4.78 is 5.68. The summed E-state index contributed by atoms with van der Waals surface area (Å²) >= 11 is 1.91. The summed E-state index contributed by atoms with van der Waals surface area (Å²) in [7, 11) is 0. The third kappa shape index (κ3) is 7.61. The van der Waals surface area contributed by atoms with Crippen LogP contribution in [0.15, 0.2) is 29.2 Å². The van der Waals surface area contributed by atoms with Crippen molar-refractivity contribution in [3.8, 4) is 0 Å². The summed E-state index contributed by atoms with van der Waals surface area (Å²) in [6.45, 7) is 9.22. The molecular formula is C16H27NOS. The van der Waals surface area contributed by atoms with Crippen LogP contribution in [0.1, 0.15) is 32.3 Å². The smallest absolute Gasteiger partial charge is 0.0627 e. The topological polar surface area (TPSA) is 21.3 Å². The first kappa shape index (κ1) is 16.5. The van der Waals surface area contributed by atoms with Gasteiger partial charge >= 0.3 is 0 Å². The van der Waals surface area contributed by atoms with Crippen LogP contribution in [0, 0.1) is 6.92 Å². The minimum Gasteiger partial charge on any atom is -0.380 e. The molecule has 1 rings (SSSR count). The van der Waals surface area contributed by atoms with Gasteiger partial charge in [0.05, 0.1) is 6.61 Å². The standard InChI is InChI=1S/C16H27NOS/c1-4-9-17-15(12-18-10-5-2)13-19-16-8-6-7-14(3)11-16/h6-8,11,15,17H,4-5,9-10,12-13H2,1-3H3. The SMILES string of the molecule is CCCNC(COCCC)CSc1cccc(C)c1. The van der Waals surface area contributed by atoms with E-state index < -0.39 is 0 Å². The maximum absolute atomic E-state index is 5.68. The predicted molar refractivity (Wildman–Crippen MR) is 85.1 cm³/mol. The van der Waals surface area contributed by atoms with Crippen LogP contribution in [0.25, 0.3) is 0 Å². The first-order valence-electron chi connectivity index (χ1n) is 7.26.